The second kappa shape index (κ2) is 9.21. The standard InChI is InChI=1S/C22H27N5O5/c1-5-26-17-8-7-15(13-18(17)25(4)20(28)22(2,3)21(26)29)32-12-6-10-24-16-9-11-23-14-19(16)27(30)31/h7-9,11,13-14H,5-6,10,12H2,1-4H3,(H,23,24). The summed E-state index contributed by atoms with van der Waals surface area (Å²) in [6.45, 7) is 6.44. The molecule has 0 bridgehead atoms. The largest absolute Gasteiger partial charge is 0.493 e. The third-order valence-electron chi connectivity index (χ3n) is 5.44. The van der Waals surface area contributed by atoms with Gasteiger partial charge in [-0.1, -0.05) is 0 Å². The molecule has 1 N–H and O–H groups in total. The van der Waals surface area contributed by atoms with Crippen molar-refractivity contribution in [2.24, 2.45) is 5.41 Å². The minimum absolute atomic E-state index is 0.0789. The van der Waals surface area contributed by atoms with Crippen LogP contribution in [-0.4, -0.2) is 48.5 Å². The van der Waals surface area contributed by atoms with E-state index in [2.05, 4.69) is 10.3 Å². The van der Waals surface area contributed by atoms with E-state index in [1.807, 2.05) is 6.92 Å². The summed E-state index contributed by atoms with van der Waals surface area (Å²) in [7, 11) is 1.66. The van der Waals surface area contributed by atoms with E-state index >= 15 is 0 Å². The number of anilines is 3. The van der Waals surface area contributed by atoms with Crippen LogP contribution >= 0.6 is 0 Å². The predicted molar refractivity (Wildman–Crippen MR) is 121 cm³/mol. The highest BCUT2D eigenvalue weighted by atomic mass is 16.6. The third kappa shape index (κ3) is 4.34. The first kappa shape index (κ1) is 23.0. The van der Waals surface area contributed by atoms with Gasteiger partial charge in [-0.15, -0.1) is 0 Å². The maximum absolute atomic E-state index is 12.9. The topological polar surface area (TPSA) is 118 Å². The fourth-order valence-corrected chi connectivity index (χ4v) is 3.64. The van der Waals surface area contributed by atoms with Crippen LogP contribution in [0.3, 0.4) is 0 Å². The van der Waals surface area contributed by atoms with E-state index in [9.17, 15) is 19.7 Å². The number of pyridine rings is 1. The second-order valence-electron chi connectivity index (χ2n) is 7.97. The third-order valence-corrected chi connectivity index (χ3v) is 5.44. The lowest BCUT2D eigenvalue weighted by molar-refractivity contribution is -0.384. The first-order chi connectivity index (χ1) is 15.2. The van der Waals surface area contributed by atoms with Gasteiger partial charge in [-0.05, 0) is 45.4 Å². The Labute approximate surface area is 186 Å². The first-order valence-corrected chi connectivity index (χ1v) is 10.4. The fourth-order valence-electron chi connectivity index (χ4n) is 3.64. The van der Waals surface area contributed by atoms with Crippen LogP contribution in [0.5, 0.6) is 5.75 Å². The summed E-state index contributed by atoms with van der Waals surface area (Å²) in [5, 5.41) is 14.1. The van der Waals surface area contributed by atoms with Gasteiger partial charge in [-0.3, -0.25) is 24.7 Å². The van der Waals surface area contributed by atoms with E-state index in [1.54, 1.807) is 50.1 Å². The van der Waals surface area contributed by atoms with Crippen LogP contribution in [0.25, 0.3) is 0 Å². The molecular formula is C22H27N5O5. The highest BCUT2D eigenvalue weighted by Crippen LogP contribution is 2.40. The molecule has 32 heavy (non-hydrogen) atoms. The SMILES string of the molecule is CCN1C(=O)C(C)(C)C(=O)N(C)c2cc(OCCCNc3ccncc3[N+](=O)[O-])ccc21. The van der Waals surface area contributed by atoms with E-state index in [-0.39, 0.29) is 17.5 Å². The summed E-state index contributed by atoms with van der Waals surface area (Å²) < 4.78 is 5.83. The summed E-state index contributed by atoms with van der Waals surface area (Å²) in [5.74, 6) is 0.0574. The van der Waals surface area contributed by atoms with Crippen molar-refractivity contribution in [2.75, 3.05) is 41.9 Å². The lowest BCUT2D eigenvalue weighted by Gasteiger charge is -2.27. The summed E-state index contributed by atoms with van der Waals surface area (Å²) in [4.78, 5) is 43.3. The zero-order valence-corrected chi connectivity index (χ0v) is 18.6. The van der Waals surface area contributed by atoms with Crippen molar-refractivity contribution in [1.82, 2.24) is 4.98 Å². The van der Waals surface area contributed by atoms with E-state index in [1.165, 1.54) is 17.3 Å². The molecule has 1 aliphatic rings. The molecule has 2 aromatic rings. The fraction of sp³-hybridized carbons (Fsp3) is 0.409. The van der Waals surface area contributed by atoms with Crippen LogP contribution in [0, 0.1) is 15.5 Å². The number of nitrogens with zero attached hydrogens (tertiary/aromatic N) is 4. The van der Waals surface area contributed by atoms with Gasteiger partial charge in [0, 0.05) is 32.4 Å². The minimum Gasteiger partial charge on any atom is -0.493 e. The van der Waals surface area contributed by atoms with Gasteiger partial charge in [0.05, 0.1) is 22.9 Å². The van der Waals surface area contributed by atoms with Crippen LogP contribution < -0.4 is 19.9 Å². The molecule has 2 heterocycles. The Morgan fingerprint density at radius 2 is 1.94 bits per heavy atom. The zero-order valence-electron chi connectivity index (χ0n) is 18.6. The van der Waals surface area contributed by atoms with Crippen molar-refractivity contribution in [3.05, 3.63) is 46.8 Å². The van der Waals surface area contributed by atoms with Gasteiger partial charge >= 0.3 is 5.69 Å². The maximum Gasteiger partial charge on any atom is 0.310 e. The second-order valence-corrected chi connectivity index (χ2v) is 7.97. The summed E-state index contributed by atoms with van der Waals surface area (Å²) >= 11 is 0. The van der Waals surface area contributed by atoms with Crippen molar-refractivity contribution in [1.29, 1.82) is 0 Å². The molecule has 1 aromatic carbocycles. The van der Waals surface area contributed by atoms with Gasteiger partial charge in [0.2, 0.25) is 11.8 Å². The Morgan fingerprint density at radius 1 is 1.19 bits per heavy atom. The predicted octanol–water partition coefficient (Wildman–Crippen LogP) is 3.23. The molecule has 0 saturated carbocycles. The molecule has 1 aromatic heterocycles. The Bertz CT molecular complexity index is 1040. The van der Waals surface area contributed by atoms with Gasteiger partial charge in [0.25, 0.3) is 0 Å². The number of rotatable bonds is 8. The first-order valence-electron chi connectivity index (χ1n) is 10.4. The molecule has 0 radical (unpaired) electrons. The molecule has 10 heteroatoms. The maximum atomic E-state index is 12.9. The number of nitrogens with one attached hydrogen (secondary N) is 1. The molecule has 1 aliphatic heterocycles. The van der Waals surface area contributed by atoms with Gasteiger partial charge in [0.15, 0.2) is 0 Å². The number of hydrogen-bond acceptors (Lipinski definition) is 7. The van der Waals surface area contributed by atoms with Crippen molar-refractivity contribution in [3.63, 3.8) is 0 Å². The molecule has 0 fully saturated rings. The smallest absolute Gasteiger partial charge is 0.310 e. The van der Waals surface area contributed by atoms with Gasteiger partial charge < -0.3 is 19.9 Å². The number of nitro groups is 1. The number of ether oxygens (including phenoxy) is 1. The highest BCUT2D eigenvalue weighted by Gasteiger charge is 2.45. The molecule has 170 valence electrons. The summed E-state index contributed by atoms with van der Waals surface area (Å²) in [6, 6.07) is 6.87. The molecule has 3 rings (SSSR count). The monoisotopic (exact) mass is 441 g/mol. The van der Waals surface area contributed by atoms with Crippen molar-refractivity contribution >= 4 is 34.6 Å². The van der Waals surface area contributed by atoms with Crippen molar-refractivity contribution in [2.45, 2.75) is 27.2 Å². The normalized spacial score (nSPS) is 15.2. The van der Waals surface area contributed by atoms with E-state index in [0.717, 1.165) is 0 Å². The molecule has 0 spiro atoms. The Balaban J connectivity index is 1.67. The molecule has 0 aliphatic carbocycles. The van der Waals surface area contributed by atoms with Gasteiger partial charge in [0.1, 0.15) is 23.0 Å². The summed E-state index contributed by atoms with van der Waals surface area (Å²) in [5.41, 5.74) is 0.440. The minimum atomic E-state index is -1.16. The average molecular weight is 441 g/mol. The molecule has 0 unspecified atom stereocenters. The van der Waals surface area contributed by atoms with Crippen LogP contribution in [0.15, 0.2) is 36.7 Å². The van der Waals surface area contributed by atoms with E-state index < -0.39 is 10.3 Å². The van der Waals surface area contributed by atoms with Crippen LogP contribution in [0.1, 0.15) is 27.2 Å². The number of carbonyl (C=O) groups excluding carboxylic acids is 2. The molecule has 2 amide bonds. The van der Waals surface area contributed by atoms with Crippen LogP contribution in [0.4, 0.5) is 22.7 Å². The number of carbonyl (C=O) groups is 2. The van der Waals surface area contributed by atoms with Gasteiger partial charge in [-0.2, -0.15) is 0 Å². The van der Waals surface area contributed by atoms with Crippen molar-refractivity contribution in [3.8, 4) is 5.75 Å². The Kier molecular flexibility index (Phi) is 6.61. The molecule has 0 saturated heterocycles. The highest BCUT2D eigenvalue weighted by molar-refractivity contribution is 6.20. The molecule has 0 atom stereocenters. The van der Waals surface area contributed by atoms with Crippen LogP contribution in [0.2, 0.25) is 0 Å². The lowest BCUT2D eigenvalue weighted by Crippen LogP contribution is -2.47. The number of amides is 2. The number of fused-ring (bicyclic) bond motifs is 1. The lowest BCUT2D eigenvalue weighted by atomic mass is 9.90. The van der Waals surface area contributed by atoms with Crippen LogP contribution in [-0.2, 0) is 9.59 Å². The van der Waals surface area contributed by atoms with Crippen molar-refractivity contribution < 1.29 is 19.2 Å². The number of aromatic nitrogens is 1. The Morgan fingerprint density at radius 3 is 2.62 bits per heavy atom. The Hall–Kier alpha value is -3.69. The number of hydrogen-bond donors (Lipinski definition) is 1. The molecular weight excluding hydrogens is 414 g/mol. The number of benzene rings is 1. The van der Waals surface area contributed by atoms with Gasteiger partial charge in [-0.25, -0.2) is 0 Å². The summed E-state index contributed by atoms with van der Waals surface area (Å²) in [6.07, 6.45) is 3.29. The van der Waals surface area contributed by atoms with E-state index in [4.69, 9.17) is 4.74 Å². The quantitative estimate of drug-likeness (QED) is 0.289. The van der Waals surface area contributed by atoms with E-state index in [0.29, 0.717) is 48.9 Å². The molecule has 10 nitrogen and oxygen atoms in total. The zero-order chi connectivity index (χ0) is 23.5. The average Bonchev–Trinajstić information content (AvgIpc) is 2.83.